The molecule has 0 amide bonds. The van der Waals surface area contributed by atoms with Gasteiger partial charge >= 0.3 is 0 Å². The Morgan fingerprint density at radius 3 is 2.37 bits per heavy atom. The number of rotatable bonds is 5. The molecule has 0 aliphatic heterocycles. The fourth-order valence-corrected chi connectivity index (χ4v) is 4.45. The van der Waals surface area contributed by atoms with E-state index in [1.165, 1.54) is 44.9 Å². The standard InChI is InChI=1S/C17H30ClF/c1-2-3-4-5-13-6-11-16(17(19)12-13)14-7-9-15(18)10-8-14/h13-17H,2-12H2,1H3. The molecule has 0 bridgehead atoms. The maximum Gasteiger partial charge on any atom is 0.103 e. The third-order valence-corrected chi connectivity index (χ3v) is 5.89. The first kappa shape index (κ1) is 15.6. The van der Waals surface area contributed by atoms with Crippen molar-refractivity contribution in [1.82, 2.24) is 0 Å². The third-order valence-electron chi connectivity index (χ3n) is 5.45. The summed E-state index contributed by atoms with van der Waals surface area (Å²) in [4.78, 5) is 0. The molecule has 2 aliphatic carbocycles. The van der Waals surface area contributed by atoms with Crippen LogP contribution in [-0.2, 0) is 0 Å². The van der Waals surface area contributed by atoms with Crippen LogP contribution in [0.1, 0.15) is 77.6 Å². The van der Waals surface area contributed by atoms with Gasteiger partial charge in [0.05, 0.1) is 0 Å². The Kier molecular flexibility index (Phi) is 6.45. The Morgan fingerprint density at radius 1 is 1.00 bits per heavy atom. The minimum absolute atomic E-state index is 0.353. The van der Waals surface area contributed by atoms with Crippen molar-refractivity contribution in [2.45, 2.75) is 89.1 Å². The molecule has 3 atom stereocenters. The second kappa shape index (κ2) is 7.86. The van der Waals surface area contributed by atoms with Crippen LogP contribution in [0.5, 0.6) is 0 Å². The molecule has 2 fully saturated rings. The zero-order valence-electron chi connectivity index (χ0n) is 12.4. The summed E-state index contributed by atoms with van der Waals surface area (Å²) in [5.74, 6) is 1.65. The molecule has 0 N–H and O–H groups in total. The van der Waals surface area contributed by atoms with Gasteiger partial charge in [-0.15, -0.1) is 11.6 Å². The summed E-state index contributed by atoms with van der Waals surface area (Å²) in [7, 11) is 0. The number of unbranched alkanes of at least 4 members (excludes halogenated alkanes) is 2. The Bertz CT molecular complexity index is 248. The van der Waals surface area contributed by atoms with Gasteiger partial charge in [0.2, 0.25) is 0 Å². The van der Waals surface area contributed by atoms with E-state index in [1.807, 2.05) is 0 Å². The van der Waals surface area contributed by atoms with E-state index in [4.69, 9.17) is 11.6 Å². The van der Waals surface area contributed by atoms with Crippen molar-refractivity contribution in [3.05, 3.63) is 0 Å². The highest BCUT2D eigenvalue weighted by atomic mass is 35.5. The molecular formula is C17H30ClF. The minimum Gasteiger partial charge on any atom is -0.247 e. The van der Waals surface area contributed by atoms with Crippen molar-refractivity contribution in [2.24, 2.45) is 17.8 Å². The molecule has 2 aliphatic rings. The molecule has 0 nitrogen and oxygen atoms in total. The normalized spacial score (nSPS) is 40.3. The van der Waals surface area contributed by atoms with E-state index in [2.05, 4.69) is 6.92 Å². The zero-order valence-corrected chi connectivity index (χ0v) is 13.2. The lowest BCUT2D eigenvalue weighted by atomic mass is 9.69. The van der Waals surface area contributed by atoms with Crippen molar-refractivity contribution in [2.75, 3.05) is 0 Å². The summed E-state index contributed by atoms with van der Waals surface area (Å²) in [5, 5.41) is 0.361. The molecular weight excluding hydrogens is 259 g/mol. The highest BCUT2D eigenvalue weighted by Gasteiger charge is 2.36. The van der Waals surface area contributed by atoms with Gasteiger partial charge in [0, 0.05) is 5.38 Å². The first-order valence-corrected chi connectivity index (χ1v) is 8.92. The second-order valence-electron chi connectivity index (χ2n) is 6.87. The topological polar surface area (TPSA) is 0 Å². The van der Waals surface area contributed by atoms with E-state index in [0.717, 1.165) is 25.7 Å². The predicted octanol–water partition coefficient (Wildman–Crippen LogP) is 6.12. The van der Waals surface area contributed by atoms with Crippen LogP contribution >= 0.6 is 11.6 Å². The van der Waals surface area contributed by atoms with Crippen LogP contribution in [0.25, 0.3) is 0 Å². The Balaban J connectivity index is 1.73. The van der Waals surface area contributed by atoms with Crippen molar-refractivity contribution < 1.29 is 4.39 Å². The number of alkyl halides is 2. The lowest BCUT2D eigenvalue weighted by molar-refractivity contribution is 0.0642. The number of hydrogen-bond donors (Lipinski definition) is 0. The van der Waals surface area contributed by atoms with Gasteiger partial charge in [-0.2, -0.15) is 0 Å². The lowest BCUT2D eigenvalue weighted by Crippen LogP contribution is -2.34. The SMILES string of the molecule is CCCCCC1CCC(C2CCC(Cl)CC2)C(F)C1. The summed E-state index contributed by atoms with van der Waals surface area (Å²) in [6.45, 7) is 2.24. The molecule has 2 saturated carbocycles. The van der Waals surface area contributed by atoms with Crippen LogP contribution in [0.4, 0.5) is 4.39 Å². The fourth-order valence-electron chi connectivity index (χ4n) is 4.20. The van der Waals surface area contributed by atoms with Crippen molar-refractivity contribution in [3.63, 3.8) is 0 Å². The number of halogens is 2. The lowest BCUT2D eigenvalue weighted by Gasteiger charge is -2.39. The van der Waals surface area contributed by atoms with E-state index in [1.54, 1.807) is 0 Å². The van der Waals surface area contributed by atoms with Crippen LogP contribution in [0.3, 0.4) is 0 Å². The van der Waals surface area contributed by atoms with E-state index < -0.39 is 6.17 Å². The van der Waals surface area contributed by atoms with Gasteiger partial charge in [-0.25, -0.2) is 4.39 Å². The molecule has 19 heavy (non-hydrogen) atoms. The maximum atomic E-state index is 14.5. The van der Waals surface area contributed by atoms with E-state index in [9.17, 15) is 4.39 Å². The smallest absolute Gasteiger partial charge is 0.103 e. The monoisotopic (exact) mass is 288 g/mol. The summed E-state index contributed by atoms with van der Waals surface area (Å²) >= 11 is 6.16. The van der Waals surface area contributed by atoms with Crippen LogP contribution in [-0.4, -0.2) is 11.5 Å². The average Bonchev–Trinajstić information content (AvgIpc) is 2.41. The van der Waals surface area contributed by atoms with Crippen LogP contribution in [0.15, 0.2) is 0 Å². The molecule has 0 aromatic carbocycles. The van der Waals surface area contributed by atoms with Crippen LogP contribution in [0.2, 0.25) is 0 Å². The second-order valence-corrected chi connectivity index (χ2v) is 7.48. The molecule has 2 rings (SSSR count). The van der Waals surface area contributed by atoms with Gasteiger partial charge in [0.25, 0.3) is 0 Å². The molecule has 112 valence electrons. The molecule has 0 aromatic rings. The van der Waals surface area contributed by atoms with Gasteiger partial charge in [-0.1, -0.05) is 32.6 Å². The predicted molar refractivity (Wildman–Crippen MR) is 81.5 cm³/mol. The number of hydrogen-bond acceptors (Lipinski definition) is 0. The molecule has 0 spiro atoms. The Labute approximate surface area is 123 Å². The molecule has 2 heteroatoms. The van der Waals surface area contributed by atoms with E-state index in [-0.39, 0.29) is 0 Å². The van der Waals surface area contributed by atoms with Crippen LogP contribution < -0.4 is 0 Å². The highest BCUT2D eigenvalue weighted by Crippen LogP contribution is 2.43. The van der Waals surface area contributed by atoms with Crippen molar-refractivity contribution in [3.8, 4) is 0 Å². The summed E-state index contributed by atoms with van der Waals surface area (Å²) < 4.78 is 14.5. The summed E-state index contributed by atoms with van der Waals surface area (Å²) in [6.07, 6.45) is 12.4. The highest BCUT2D eigenvalue weighted by molar-refractivity contribution is 6.20. The van der Waals surface area contributed by atoms with E-state index >= 15 is 0 Å². The fraction of sp³-hybridized carbons (Fsp3) is 1.00. The molecule has 0 heterocycles. The summed E-state index contributed by atoms with van der Waals surface area (Å²) in [6, 6.07) is 0. The van der Waals surface area contributed by atoms with Gasteiger partial charge in [-0.05, 0) is 62.7 Å². The largest absolute Gasteiger partial charge is 0.247 e. The Morgan fingerprint density at radius 2 is 1.74 bits per heavy atom. The maximum absolute atomic E-state index is 14.5. The van der Waals surface area contributed by atoms with Crippen LogP contribution in [0, 0.1) is 17.8 Å². The first-order valence-electron chi connectivity index (χ1n) is 8.48. The molecule has 0 radical (unpaired) electrons. The quantitative estimate of drug-likeness (QED) is 0.422. The minimum atomic E-state index is -0.530. The van der Waals surface area contributed by atoms with Gasteiger partial charge in [0.1, 0.15) is 6.17 Å². The van der Waals surface area contributed by atoms with Gasteiger partial charge < -0.3 is 0 Å². The van der Waals surface area contributed by atoms with Gasteiger partial charge in [-0.3, -0.25) is 0 Å². The molecule has 0 aromatic heterocycles. The zero-order chi connectivity index (χ0) is 13.7. The first-order chi connectivity index (χ1) is 9.20. The van der Waals surface area contributed by atoms with Crippen molar-refractivity contribution >= 4 is 11.6 Å². The third kappa shape index (κ3) is 4.62. The average molecular weight is 289 g/mol. The molecule has 3 unspecified atom stereocenters. The molecule has 0 saturated heterocycles. The summed E-state index contributed by atoms with van der Waals surface area (Å²) in [5.41, 5.74) is 0. The Hall–Kier alpha value is 0.220. The van der Waals surface area contributed by atoms with Gasteiger partial charge in [0.15, 0.2) is 0 Å². The van der Waals surface area contributed by atoms with Crippen molar-refractivity contribution in [1.29, 1.82) is 0 Å². The van der Waals surface area contributed by atoms with E-state index in [0.29, 0.717) is 23.1 Å².